The first-order chi connectivity index (χ1) is 9.58. The highest BCUT2D eigenvalue weighted by atomic mass is 35.5. The number of hydrogen-bond acceptors (Lipinski definition) is 5. The highest BCUT2D eigenvalue weighted by molar-refractivity contribution is 6.28. The van der Waals surface area contributed by atoms with Gasteiger partial charge in [-0.2, -0.15) is 15.0 Å². The lowest BCUT2D eigenvalue weighted by atomic mass is 10.3. The monoisotopic (exact) mass is 299 g/mol. The number of nitrogens with one attached hydrogen (secondary N) is 2. The summed E-state index contributed by atoms with van der Waals surface area (Å²) in [7, 11) is 0. The Bertz CT molecular complexity index is 608. The Morgan fingerprint density at radius 2 is 1.85 bits per heavy atom. The number of anilines is 3. The van der Waals surface area contributed by atoms with Gasteiger partial charge in [-0.3, -0.25) is 0 Å². The molecule has 2 rings (SSSR count). The second-order valence-electron chi connectivity index (χ2n) is 3.93. The molecule has 0 unspecified atom stereocenters. The van der Waals surface area contributed by atoms with Gasteiger partial charge in [-0.25, -0.2) is 8.78 Å². The normalized spacial score (nSPS) is 10.4. The van der Waals surface area contributed by atoms with E-state index in [2.05, 4.69) is 25.6 Å². The van der Waals surface area contributed by atoms with E-state index in [1.165, 1.54) is 6.07 Å². The van der Waals surface area contributed by atoms with Gasteiger partial charge in [0.05, 0.1) is 0 Å². The molecule has 1 aromatic carbocycles. The molecule has 0 saturated carbocycles. The topological polar surface area (TPSA) is 62.7 Å². The van der Waals surface area contributed by atoms with Gasteiger partial charge in [-0.05, 0) is 30.2 Å². The molecule has 0 bridgehead atoms. The van der Waals surface area contributed by atoms with Gasteiger partial charge in [0.2, 0.25) is 17.2 Å². The summed E-state index contributed by atoms with van der Waals surface area (Å²) >= 11 is 5.78. The molecular weight excluding hydrogens is 288 g/mol. The van der Waals surface area contributed by atoms with Crippen LogP contribution in [-0.2, 0) is 0 Å². The van der Waals surface area contributed by atoms with E-state index in [1.54, 1.807) is 0 Å². The van der Waals surface area contributed by atoms with Crippen LogP contribution >= 0.6 is 11.6 Å². The average Bonchev–Trinajstić information content (AvgIpc) is 2.40. The van der Waals surface area contributed by atoms with E-state index in [0.717, 1.165) is 18.6 Å². The van der Waals surface area contributed by atoms with Gasteiger partial charge < -0.3 is 10.6 Å². The summed E-state index contributed by atoms with van der Waals surface area (Å²) in [4.78, 5) is 11.8. The second-order valence-corrected chi connectivity index (χ2v) is 4.27. The zero-order valence-electron chi connectivity index (χ0n) is 10.6. The van der Waals surface area contributed by atoms with Crippen LogP contribution in [0.15, 0.2) is 18.2 Å². The first kappa shape index (κ1) is 14.4. The molecule has 0 aliphatic carbocycles. The van der Waals surface area contributed by atoms with Crippen LogP contribution < -0.4 is 10.6 Å². The van der Waals surface area contributed by atoms with Crippen molar-refractivity contribution in [3.8, 4) is 0 Å². The van der Waals surface area contributed by atoms with Gasteiger partial charge in [0.15, 0.2) is 11.6 Å². The van der Waals surface area contributed by atoms with Crippen LogP contribution in [0.3, 0.4) is 0 Å². The number of halogens is 3. The molecule has 0 saturated heterocycles. The molecular formula is C12H12ClF2N5. The molecule has 0 aliphatic rings. The molecule has 0 aliphatic heterocycles. The maximum absolute atomic E-state index is 13.1. The highest BCUT2D eigenvalue weighted by Crippen LogP contribution is 2.18. The Morgan fingerprint density at radius 3 is 2.55 bits per heavy atom. The van der Waals surface area contributed by atoms with Gasteiger partial charge in [-0.1, -0.05) is 6.92 Å². The fraction of sp³-hybridized carbons (Fsp3) is 0.250. The maximum atomic E-state index is 13.1. The standard InChI is InChI=1S/C12H12ClF2N5/c1-2-5-16-11-18-10(13)19-12(20-11)17-7-3-4-8(14)9(15)6-7/h3-4,6H,2,5H2,1H3,(H2,16,17,18,19,20). The number of hydrogen-bond donors (Lipinski definition) is 2. The molecule has 0 amide bonds. The summed E-state index contributed by atoms with van der Waals surface area (Å²) in [6.45, 7) is 2.68. The number of rotatable bonds is 5. The van der Waals surface area contributed by atoms with Crippen LogP contribution in [0.25, 0.3) is 0 Å². The van der Waals surface area contributed by atoms with Crippen LogP contribution in [0.2, 0.25) is 5.28 Å². The summed E-state index contributed by atoms with van der Waals surface area (Å²) in [5.41, 5.74) is 0.313. The van der Waals surface area contributed by atoms with Crippen molar-refractivity contribution in [2.75, 3.05) is 17.2 Å². The third-order valence-corrected chi connectivity index (χ3v) is 2.49. The van der Waals surface area contributed by atoms with Crippen LogP contribution in [0.1, 0.15) is 13.3 Å². The largest absolute Gasteiger partial charge is 0.354 e. The summed E-state index contributed by atoms with van der Waals surface area (Å²) in [5.74, 6) is -1.42. The molecule has 20 heavy (non-hydrogen) atoms. The first-order valence-corrected chi connectivity index (χ1v) is 6.34. The lowest BCUT2D eigenvalue weighted by Crippen LogP contribution is -2.08. The molecule has 5 nitrogen and oxygen atoms in total. The highest BCUT2D eigenvalue weighted by Gasteiger charge is 2.07. The predicted octanol–water partition coefficient (Wildman–Crippen LogP) is 3.37. The summed E-state index contributed by atoms with van der Waals surface area (Å²) in [6.07, 6.45) is 0.898. The Balaban J connectivity index is 2.19. The molecule has 0 fully saturated rings. The lowest BCUT2D eigenvalue weighted by Gasteiger charge is -2.08. The van der Waals surface area contributed by atoms with Crippen molar-refractivity contribution in [2.45, 2.75) is 13.3 Å². The number of nitrogens with zero attached hydrogens (tertiary/aromatic N) is 3. The van der Waals surface area contributed by atoms with E-state index in [1.807, 2.05) is 6.92 Å². The Hall–Kier alpha value is -2.02. The first-order valence-electron chi connectivity index (χ1n) is 5.96. The van der Waals surface area contributed by atoms with Crippen molar-refractivity contribution in [3.05, 3.63) is 35.1 Å². The SMILES string of the molecule is CCCNc1nc(Cl)nc(Nc2ccc(F)c(F)c2)n1. The molecule has 0 spiro atoms. The minimum atomic E-state index is -0.959. The van der Waals surface area contributed by atoms with Crippen LogP contribution in [0.5, 0.6) is 0 Å². The minimum Gasteiger partial charge on any atom is -0.354 e. The number of benzene rings is 1. The molecule has 1 aromatic heterocycles. The zero-order chi connectivity index (χ0) is 14.5. The Kier molecular flexibility index (Phi) is 4.62. The third-order valence-electron chi connectivity index (χ3n) is 2.32. The predicted molar refractivity (Wildman–Crippen MR) is 73.3 cm³/mol. The third kappa shape index (κ3) is 3.74. The molecule has 2 N–H and O–H groups in total. The molecule has 8 heteroatoms. The van der Waals surface area contributed by atoms with E-state index in [9.17, 15) is 8.78 Å². The van der Waals surface area contributed by atoms with Gasteiger partial charge in [0.25, 0.3) is 0 Å². The quantitative estimate of drug-likeness (QED) is 0.886. The van der Waals surface area contributed by atoms with Gasteiger partial charge in [0, 0.05) is 18.3 Å². The van der Waals surface area contributed by atoms with Crippen molar-refractivity contribution in [1.29, 1.82) is 0 Å². The summed E-state index contributed by atoms with van der Waals surface area (Å²) in [5, 5.41) is 5.70. The van der Waals surface area contributed by atoms with Crippen LogP contribution in [0.4, 0.5) is 26.4 Å². The van der Waals surface area contributed by atoms with Gasteiger partial charge in [-0.15, -0.1) is 0 Å². The molecule has 0 atom stereocenters. The lowest BCUT2D eigenvalue weighted by molar-refractivity contribution is 0.509. The smallest absolute Gasteiger partial charge is 0.233 e. The van der Waals surface area contributed by atoms with Gasteiger partial charge in [0.1, 0.15) is 0 Å². The minimum absolute atomic E-state index is 0.00341. The van der Waals surface area contributed by atoms with Crippen LogP contribution in [0, 0.1) is 11.6 Å². The van der Waals surface area contributed by atoms with Crippen molar-refractivity contribution in [3.63, 3.8) is 0 Å². The maximum Gasteiger partial charge on any atom is 0.233 e. The van der Waals surface area contributed by atoms with Crippen molar-refractivity contribution >= 4 is 29.2 Å². The van der Waals surface area contributed by atoms with Crippen LogP contribution in [-0.4, -0.2) is 21.5 Å². The summed E-state index contributed by atoms with van der Waals surface area (Å²) in [6, 6.07) is 3.39. The van der Waals surface area contributed by atoms with E-state index in [0.29, 0.717) is 18.2 Å². The fourth-order valence-corrected chi connectivity index (χ4v) is 1.58. The van der Waals surface area contributed by atoms with Crippen molar-refractivity contribution in [1.82, 2.24) is 15.0 Å². The molecule has 0 radical (unpaired) electrons. The van der Waals surface area contributed by atoms with E-state index in [4.69, 9.17) is 11.6 Å². The fourth-order valence-electron chi connectivity index (χ4n) is 1.42. The molecule has 1 heterocycles. The second kappa shape index (κ2) is 6.42. The Labute approximate surface area is 119 Å². The Morgan fingerprint density at radius 1 is 1.10 bits per heavy atom. The van der Waals surface area contributed by atoms with Crippen molar-refractivity contribution < 1.29 is 8.78 Å². The zero-order valence-corrected chi connectivity index (χ0v) is 11.4. The van der Waals surface area contributed by atoms with E-state index >= 15 is 0 Å². The summed E-state index contributed by atoms with van der Waals surface area (Å²) < 4.78 is 25.9. The van der Waals surface area contributed by atoms with E-state index < -0.39 is 11.6 Å². The molecule has 2 aromatic rings. The molecule has 106 valence electrons. The van der Waals surface area contributed by atoms with E-state index in [-0.39, 0.29) is 11.2 Å². The average molecular weight is 300 g/mol. The van der Waals surface area contributed by atoms with Gasteiger partial charge >= 0.3 is 0 Å². The van der Waals surface area contributed by atoms with Crippen molar-refractivity contribution in [2.24, 2.45) is 0 Å². The number of aromatic nitrogens is 3.